The number of piperazine rings is 1. The lowest BCUT2D eigenvalue weighted by atomic mass is 10.1. The van der Waals surface area contributed by atoms with Crippen LogP contribution in [0.3, 0.4) is 0 Å². The number of halogens is 1. The Morgan fingerprint density at radius 3 is 2.54 bits per heavy atom. The van der Waals surface area contributed by atoms with Crippen LogP contribution in [0.25, 0.3) is 0 Å². The number of hydrogen-bond donors (Lipinski definition) is 1. The van der Waals surface area contributed by atoms with Crippen molar-refractivity contribution >= 4 is 17.5 Å². The molecule has 1 aliphatic rings. The largest absolute Gasteiger partial charge is 0.447 e. The lowest BCUT2D eigenvalue weighted by Gasteiger charge is -2.34. The molecule has 1 fully saturated rings. The molecule has 0 saturated carbocycles. The Kier molecular flexibility index (Phi) is 7.48. The molecule has 1 aliphatic heterocycles. The van der Waals surface area contributed by atoms with Gasteiger partial charge < -0.3 is 9.73 Å². The first-order valence-electron chi connectivity index (χ1n) is 9.92. The number of nitrogens with zero attached hydrogens (tertiary/aromatic N) is 3. The first kappa shape index (κ1) is 20.8. The maximum atomic E-state index is 12.1. The molecule has 6 nitrogen and oxygen atoms in total. The Hall–Kier alpha value is -1.89. The maximum Gasteiger partial charge on any atom is 0.273 e. The van der Waals surface area contributed by atoms with Crippen molar-refractivity contribution < 1.29 is 9.21 Å². The fourth-order valence-corrected chi connectivity index (χ4v) is 3.41. The molecule has 0 unspecified atom stereocenters. The molecule has 2 aromatic rings. The quantitative estimate of drug-likeness (QED) is 0.730. The Morgan fingerprint density at radius 1 is 1.18 bits per heavy atom. The molecule has 1 aromatic carbocycles. The molecule has 0 radical (unpaired) electrons. The van der Waals surface area contributed by atoms with Gasteiger partial charge in [-0.15, -0.1) is 0 Å². The van der Waals surface area contributed by atoms with Gasteiger partial charge in [0, 0.05) is 44.3 Å². The second kappa shape index (κ2) is 10.0. The number of rotatable bonds is 8. The molecule has 7 heteroatoms. The highest BCUT2D eigenvalue weighted by Gasteiger charge is 2.20. The van der Waals surface area contributed by atoms with Gasteiger partial charge in [0.1, 0.15) is 6.26 Å². The summed E-state index contributed by atoms with van der Waals surface area (Å²) in [6, 6.07) is 8.00. The molecular formula is C21H29ClN4O2. The van der Waals surface area contributed by atoms with Gasteiger partial charge in [0.2, 0.25) is 5.89 Å². The van der Waals surface area contributed by atoms with Gasteiger partial charge >= 0.3 is 0 Å². The summed E-state index contributed by atoms with van der Waals surface area (Å²) in [5, 5.41) is 3.71. The van der Waals surface area contributed by atoms with Gasteiger partial charge in [-0.05, 0) is 24.0 Å². The Bertz CT molecular complexity index is 769. The molecule has 2 heterocycles. The van der Waals surface area contributed by atoms with Crippen LogP contribution in [0, 0.1) is 5.92 Å². The number of hydrogen-bond acceptors (Lipinski definition) is 5. The van der Waals surface area contributed by atoms with E-state index >= 15 is 0 Å². The highest BCUT2D eigenvalue weighted by atomic mass is 35.5. The first-order chi connectivity index (χ1) is 13.5. The lowest BCUT2D eigenvalue weighted by Crippen LogP contribution is -2.45. The van der Waals surface area contributed by atoms with Crippen molar-refractivity contribution in [1.82, 2.24) is 20.1 Å². The van der Waals surface area contributed by atoms with E-state index in [1.165, 1.54) is 11.8 Å². The van der Waals surface area contributed by atoms with E-state index in [1.54, 1.807) is 0 Å². The number of amides is 1. The zero-order chi connectivity index (χ0) is 19.9. The van der Waals surface area contributed by atoms with Crippen molar-refractivity contribution in [2.45, 2.75) is 33.4 Å². The average Bonchev–Trinajstić information content (AvgIpc) is 3.13. The van der Waals surface area contributed by atoms with Gasteiger partial charge in [0.15, 0.2) is 5.69 Å². The highest BCUT2D eigenvalue weighted by molar-refractivity contribution is 6.31. The van der Waals surface area contributed by atoms with Crippen LogP contribution in [0.4, 0.5) is 0 Å². The molecule has 1 amide bonds. The third-order valence-corrected chi connectivity index (χ3v) is 5.34. The minimum absolute atomic E-state index is 0.166. The summed E-state index contributed by atoms with van der Waals surface area (Å²) in [5.74, 6) is 0.985. The molecule has 152 valence electrons. The van der Waals surface area contributed by atoms with Crippen molar-refractivity contribution in [2.24, 2.45) is 5.92 Å². The zero-order valence-corrected chi connectivity index (χ0v) is 17.4. The Labute approximate surface area is 171 Å². The topological polar surface area (TPSA) is 61.6 Å². The minimum Gasteiger partial charge on any atom is -0.447 e. The summed E-state index contributed by atoms with van der Waals surface area (Å²) in [4.78, 5) is 21.2. The van der Waals surface area contributed by atoms with Gasteiger partial charge in [-0.1, -0.05) is 43.6 Å². The summed E-state index contributed by atoms with van der Waals surface area (Å²) in [6.07, 6.45) is 2.41. The summed E-state index contributed by atoms with van der Waals surface area (Å²) >= 11 is 6.26. The predicted molar refractivity (Wildman–Crippen MR) is 110 cm³/mol. The molecule has 1 saturated heterocycles. The van der Waals surface area contributed by atoms with Crippen LogP contribution in [-0.2, 0) is 13.1 Å². The number of aromatic nitrogens is 1. The van der Waals surface area contributed by atoms with E-state index in [0.29, 0.717) is 30.6 Å². The van der Waals surface area contributed by atoms with Crippen LogP contribution in [-0.4, -0.2) is 53.4 Å². The minimum atomic E-state index is -0.166. The van der Waals surface area contributed by atoms with E-state index in [0.717, 1.165) is 44.2 Å². The van der Waals surface area contributed by atoms with Crippen molar-refractivity contribution in [3.05, 3.63) is 52.7 Å². The third kappa shape index (κ3) is 6.06. The van der Waals surface area contributed by atoms with E-state index < -0.39 is 0 Å². The zero-order valence-electron chi connectivity index (χ0n) is 16.7. The van der Waals surface area contributed by atoms with Crippen LogP contribution in [0.15, 0.2) is 34.9 Å². The fourth-order valence-electron chi connectivity index (χ4n) is 3.22. The van der Waals surface area contributed by atoms with Crippen LogP contribution >= 0.6 is 11.6 Å². The molecular weight excluding hydrogens is 376 g/mol. The van der Waals surface area contributed by atoms with Gasteiger partial charge in [-0.25, -0.2) is 4.98 Å². The predicted octanol–water partition coefficient (Wildman–Crippen LogP) is 3.42. The average molecular weight is 405 g/mol. The first-order valence-corrected chi connectivity index (χ1v) is 10.3. The molecule has 0 bridgehead atoms. The smallest absolute Gasteiger partial charge is 0.273 e. The van der Waals surface area contributed by atoms with Crippen molar-refractivity contribution in [1.29, 1.82) is 0 Å². The molecule has 0 aliphatic carbocycles. The standard InChI is InChI=1S/C21H29ClN4O2/c1-16(2)7-8-23-21(27)19-15-28-20(24-19)14-26-11-9-25(10-12-26)13-17-5-3-4-6-18(17)22/h3-6,15-16H,7-14H2,1-2H3,(H,23,27). The second-order valence-corrected chi connectivity index (χ2v) is 8.12. The van der Waals surface area contributed by atoms with Crippen LogP contribution in [0.1, 0.15) is 42.2 Å². The Morgan fingerprint density at radius 2 is 1.86 bits per heavy atom. The van der Waals surface area contributed by atoms with E-state index in [-0.39, 0.29) is 5.91 Å². The summed E-state index contributed by atoms with van der Waals surface area (Å²) in [5.41, 5.74) is 1.52. The van der Waals surface area contributed by atoms with Gasteiger partial charge in [-0.2, -0.15) is 0 Å². The molecule has 0 spiro atoms. The van der Waals surface area contributed by atoms with Gasteiger partial charge in [-0.3, -0.25) is 14.6 Å². The van der Waals surface area contributed by atoms with Crippen molar-refractivity contribution in [2.75, 3.05) is 32.7 Å². The number of nitrogens with one attached hydrogen (secondary N) is 1. The van der Waals surface area contributed by atoms with Crippen molar-refractivity contribution in [3.8, 4) is 0 Å². The number of carbonyl (C=O) groups excluding carboxylic acids is 1. The summed E-state index contributed by atoms with van der Waals surface area (Å²) in [7, 11) is 0. The molecule has 1 aromatic heterocycles. The second-order valence-electron chi connectivity index (χ2n) is 7.71. The molecule has 28 heavy (non-hydrogen) atoms. The monoisotopic (exact) mass is 404 g/mol. The van der Waals surface area contributed by atoms with E-state index in [1.807, 2.05) is 18.2 Å². The maximum absolute atomic E-state index is 12.1. The normalized spacial score (nSPS) is 15.9. The highest BCUT2D eigenvalue weighted by Crippen LogP contribution is 2.18. The number of benzene rings is 1. The molecule has 3 rings (SSSR count). The Balaban J connectivity index is 1.43. The van der Waals surface area contributed by atoms with Gasteiger partial charge in [0.25, 0.3) is 5.91 Å². The SMILES string of the molecule is CC(C)CCNC(=O)c1coc(CN2CCN(Cc3ccccc3Cl)CC2)n1. The van der Waals surface area contributed by atoms with Crippen molar-refractivity contribution in [3.63, 3.8) is 0 Å². The molecule has 1 N–H and O–H groups in total. The number of oxazole rings is 1. The van der Waals surface area contributed by atoms with Crippen LogP contribution in [0.2, 0.25) is 5.02 Å². The van der Waals surface area contributed by atoms with E-state index in [2.05, 4.69) is 40.0 Å². The van der Waals surface area contributed by atoms with Crippen LogP contribution < -0.4 is 5.32 Å². The summed E-state index contributed by atoms with van der Waals surface area (Å²) < 4.78 is 5.51. The number of carbonyl (C=O) groups is 1. The van der Waals surface area contributed by atoms with E-state index in [9.17, 15) is 4.79 Å². The van der Waals surface area contributed by atoms with Crippen LogP contribution in [0.5, 0.6) is 0 Å². The van der Waals surface area contributed by atoms with Gasteiger partial charge in [0.05, 0.1) is 6.54 Å². The lowest BCUT2D eigenvalue weighted by molar-refractivity contribution is 0.0946. The molecule has 0 atom stereocenters. The van der Waals surface area contributed by atoms with E-state index in [4.69, 9.17) is 16.0 Å². The third-order valence-electron chi connectivity index (χ3n) is 4.97. The summed E-state index contributed by atoms with van der Waals surface area (Å²) in [6.45, 7) is 10.2. The fraction of sp³-hybridized carbons (Fsp3) is 0.524.